The number of nitrogens with one attached hydrogen (secondary N) is 1. The van der Waals surface area contributed by atoms with Crippen molar-refractivity contribution in [1.29, 1.82) is 0 Å². The molecular weight excluding hydrogens is 482 g/mol. The van der Waals surface area contributed by atoms with E-state index in [1.54, 1.807) is 11.1 Å². The highest BCUT2D eigenvalue weighted by Gasteiger charge is 2.61. The molecule has 0 aliphatic heterocycles. The lowest BCUT2D eigenvalue weighted by Crippen LogP contribution is -2.55. The molecule has 0 radical (unpaired) electrons. The zero-order valence-electron chi connectivity index (χ0n) is 22.8. The molecule has 1 nitrogen and oxygen atoms in total. The monoisotopic (exact) mass is 515 g/mol. The Morgan fingerprint density at radius 1 is 0.600 bits per heavy atom. The van der Waals surface area contributed by atoms with E-state index in [4.69, 9.17) is 0 Å². The van der Waals surface area contributed by atoms with Crippen molar-refractivity contribution in [3.63, 3.8) is 0 Å². The van der Waals surface area contributed by atoms with Crippen molar-refractivity contribution >= 4 is 32.6 Å². The van der Waals surface area contributed by atoms with Crippen LogP contribution in [-0.2, 0) is 5.41 Å². The third-order valence-electron chi connectivity index (χ3n) is 11.8. The Morgan fingerprint density at radius 3 is 2.40 bits per heavy atom. The highest BCUT2D eigenvalue weighted by Crippen LogP contribution is 2.69. The minimum absolute atomic E-state index is 0.243. The molecule has 5 atom stereocenters. The lowest BCUT2D eigenvalue weighted by molar-refractivity contribution is -0.0320. The van der Waals surface area contributed by atoms with E-state index in [1.165, 1.54) is 93.4 Å². The molecule has 4 aliphatic rings. The maximum absolute atomic E-state index is 3.79. The Labute approximate surface area is 235 Å². The highest BCUT2D eigenvalue weighted by atomic mass is 14.7. The maximum Gasteiger partial charge on any atom is 0.0544 e. The number of H-pyrrole nitrogens is 1. The molecule has 0 amide bonds. The van der Waals surface area contributed by atoms with E-state index < -0.39 is 0 Å². The fourth-order valence-corrected chi connectivity index (χ4v) is 10.3. The quantitative estimate of drug-likeness (QED) is 0.224. The Bertz CT molecular complexity index is 2010. The average molecular weight is 516 g/mol. The molecule has 5 aromatic carbocycles. The number of fused-ring (bicyclic) bond motifs is 9. The van der Waals surface area contributed by atoms with Gasteiger partial charge in [-0.15, -0.1) is 0 Å². The average Bonchev–Trinajstić information content (AvgIpc) is 3.51. The van der Waals surface area contributed by atoms with Crippen LogP contribution < -0.4 is 0 Å². The largest absolute Gasteiger partial charge is 0.354 e. The first-order valence-electron chi connectivity index (χ1n) is 15.5. The van der Waals surface area contributed by atoms with Gasteiger partial charge < -0.3 is 4.98 Å². The van der Waals surface area contributed by atoms with Crippen LogP contribution in [0, 0.1) is 23.7 Å². The summed E-state index contributed by atoms with van der Waals surface area (Å²) in [4.78, 5) is 3.79. The summed E-state index contributed by atoms with van der Waals surface area (Å²) < 4.78 is 0. The topological polar surface area (TPSA) is 15.8 Å². The van der Waals surface area contributed by atoms with E-state index in [2.05, 4.69) is 102 Å². The van der Waals surface area contributed by atoms with E-state index in [1.807, 2.05) is 0 Å². The normalized spacial score (nSPS) is 28.0. The summed E-state index contributed by atoms with van der Waals surface area (Å²) in [5.41, 5.74) is 11.7. The van der Waals surface area contributed by atoms with Gasteiger partial charge in [-0.2, -0.15) is 0 Å². The van der Waals surface area contributed by atoms with E-state index >= 15 is 0 Å². The van der Waals surface area contributed by atoms with Crippen LogP contribution in [0.2, 0.25) is 0 Å². The summed E-state index contributed by atoms with van der Waals surface area (Å²) in [7, 11) is 0. The Kier molecular flexibility index (Phi) is 4.20. The van der Waals surface area contributed by atoms with Gasteiger partial charge >= 0.3 is 0 Å². The minimum atomic E-state index is 0.243. The molecule has 6 aromatic rings. The van der Waals surface area contributed by atoms with E-state index in [9.17, 15) is 0 Å². The Hall–Kier alpha value is -3.84. The lowest BCUT2D eigenvalue weighted by Gasteiger charge is -2.60. The minimum Gasteiger partial charge on any atom is -0.354 e. The number of aromatic amines is 1. The van der Waals surface area contributed by atoms with Gasteiger partial charge in [-0.25, -0.2) is 0 Å². The van der Waals surface area contributed by atoms with E-state index in [0.717, 1.165) is 23.7 Å². The molecule has 1 aromatic heterocycles. The fraction of sp³-hybridized carbons (Fsp3) is 0.282. The SMILES string of the molecule is c1ccc2c(c1)-c1cc(-c3ccc4c(c3)[nH]c3c5ccccc5ccc43)ccc1C21C2CCC3CCC(C2)CC31. The van der Waals surface area contributed by atoms with Crippen LogP contribution in [0.1, 0.15) is 49.7 Å². The molecular formula is C39H33N. The number of benzene rings is 5. The molecule has 1 N–H and O–H groups in total. The molecule has 1 heteroatoms. The molecule has 4 aliphatic carbocycles. The van der Waals surface area contributed by atoms with Gasteiger partial charge in [0.1, 0.15) is 0 Å². The Morgan fingerprint density at radius 2 is 1.40 bits per heavy atom. The van der Waals surface area contributed by atoms with Gasteiger partial charge in [0.2, 0.25) is 0 Å². The maximum atomic E-state index is 3.79. The van der Waals surface area contributed by atoms with Crippen LogP contribution in [0.15, 0.2) is 97.1 Å². The third-order valence-corrected chi connectivity index (χ3v) is 11.8. The summed E-state index contributed by atoms with van der Waals surface area (Å²) >= 11 is 0. The van der Waals surface area contributed by atoms with Crippen LogP contribution >= 0.6 is 0 Å². The van der Waals surface area contributed by atoms with Gasteiger partial charge in [0.25, 0.3) is 0 Å². The smallest absolute Gasteiger partial charge is 0.0544 e. The highest BCUT2D eigenvalue weighted by molar-refractivity contribution is 6.17. The summed E-state index contributed by atoms with van der Waals surface area (Å²) in [6.45, 7) is 0. The zero-order valence-corrected chi connectivity index (χ0v) is 22.8. The van der Waals surface area contributed by atoms with Crippen molar-refractivity contribution in [3.8, 4) is 22.3 Å². The summed E-state index contributed by atoms with van der Waals surface area (Å²) in [6, 6.07) is 37.3. The molecule has 3 bridgehead atoms. The van der Waals surface area contributed by atoms with Crippen LogP contribution in [0.25, 0.3) is 54.8 Å². The van der Waals surface area contributed by atoms with Crippen LogP contribution in [0.5, 0.6) is 0 Å². The van der Waals surface area contributed by atoms with Crippen LogP contribution in [-0.4, -0.2) is 4.98 Å². The lowest BCUT2D eigenvalue weighted by atomic mass is 9.43. The number of hydrogen-bond donors (Lipinski definition) is 1. The second-order valence-corrected chi connectivity index (χ2v) is 13.3. The first kappa shape index (κ1) is 21.9. The molecule has 3 saturated carbocycles. The molecule has 0 saturated heterocycles. The van der Waals surface area contributed by atoms with Gasteiger partial charge in [0.05, 0.1) is 5.52 Å². The van der Waals surface area contributed by atoms with Crippen molar-refractivity contribution < 1.29 is 0 Å². The van der Waals surface area contributed by atoms with Crippen molar-refractivity contribution in [2.24, 2.45) is 23.7 Å². The number of hydrogen-bond acceptors (Lipinski definition) is 0. The molecule has 40 heavy (non-hydrogen) atoms. The summed E-state index contributed by atoms with van der Waals surface area (Å²) in [5, 5.41) is 5.20. The molecule has 10 rings (SSSR count). The second-order valence-electron chi connectivity index (χ2n) is 13.3. The fourth-order valence-electron chi connectivity index (χ4n) is 10.3. The van der Waals surface area contributed by atoms with Crippen molar-refractivity contribution in [3.05, 3.63) is 108 Å². The molecule has 3 fully saturated rings. The summed E-state index contributed by atoms with van der Waals surface area (Å²) in [5.74, 6) is 3.50. The second kappa shape index (κ2) is 7.67. The van der Waals surface area contributed by atoms with E-state index in [0.29, 0.717) is 0 Å². The van der Waals surface area contributed by atoms with Crippen molar-refractivity contribution in [2.75, 3.05) is 0 Å². The van der Waals surface area contributed by atoms with Gasteiger partial charge in [-0.3, -0.25) is 0 Å². The predicted octanol–water partition coefficient (Wildman–Crippen LogP) is 10.3. The Balaban J connectivity index is 1.15. The first-order chi connectivity index (χ1) is 19.8. The number of rotatable bonds is 1. The van der Waals surface area contributed by atoms with Gasteiger partial charge in [-0.05, 0) is 107 Å². The van der Waals surface area contributed by atoms with Crippen molar-refractivity contribution in [2.45, 2.75) is 43.9 Å². The van der Waals surface area contributed by atoms with Crippen LogP contribution in [0.3, 0.4) is 0 Å². The van der Waals surface area contributed by atoms with Gasteiger partial charge in [0.15, 0.2) is 0 Å². The molecule has 1 spiro atoms. The predicted molar refractivity (Wildman–Crippen MR) is 167 cm³/mol. The molecule has 1 heterocycles. The summed E-state index contributed by atoms with van der Waals surface area (Å²) in [6.07, 6.45) is 8.69. The molecule has 194 valence electrons. The van der Waals surface area contributed by atoms with E-state index in [-0.39, 0.29) is 5.41 Å². The van der Waals surface area contributed by atoms with Crippen molar-refractivity contribution in [1.82, 2.24) is 4.98 Å². The van der Waals surface area contributed by atoms with Crippen LogP contribution in [0.4, 0.5) is 0 Å². The van der Waals surface area contributed by atoms with Gasteiger partial charge in [-0.1, -0.05) is 91.3 Å². The van der Waals surface area contributed by atoms with Gasteiger partial charge in [0, 0.05) is 27.1 Å². The first-order valence-corrected chi connectivity index (χ1v) is 15.5. The number of aromatic nitrogens is 1. The third kappa shape index (κ3) is 2.65. The zero-order chi connectivity index (χ0) is 26.0. The molecule has 5 unspecified atom stereocenters. The standard InChI is InChI=1S/C39H33N/c1-2-6-29-24(5-1)12-17-32-31-16-13-27(22-37(31)40-38(29)32)26-14-18-35-33(21-26)30-7-3-4-8-34(30)39(35)28-15-11-25-10-9-23(19-28)20-36(25)39/h1-8,12-14,16-18,21-23,25,28,36,40H,9-11,15,19-20H2.